The third-order valence-electron chi connectivity index (χ3n) is 2.81. The van der Waals surface area contributed by atoms with Crippen LogP contribution in [-0.4, -0.2) is 55.3 Å². The molecule has 0 unspecified atom stereocenters. The largest absolute Gasteiger partial charge is 0.483 e. The number of carbonyl (C=O) groups excluding carboxylic acids is 1. The van der Waals surface area contributed by atoms with E-state index in [2.05, 4.69) is 0 Å². The molecule has 0 saturated carbocycles. The number of halogens is 1. The standard InChI is InChI=1S/C14H18ClNO5/c1-10-11(15)4-3-5-12(10)21-9-13(17)16(6-7-20-2)8-14(18)19/h3-5H,6-9H2,1-2H3,(H,18,19). The summed E-state index contributed by atoms with van der Waals surface area (Å²) in [4.78, 5) is 23.9. The Morgan fingerprint density at radius 1 is 1.38 bits per heavy atom. The van der Waals surface area contributed by atoms with Crippen LogP contribution in [0.5, 0.6) is 5.75 Å². The molecular formula is C14H18ClNO5. The smallest absolute Gasteiger partial charge is 0.323 e. The number of carboxylic acids is 1. The van der Waals surface area contributed by atoms with Crippen molar-refractivity contribution in [1.29, 1.82) is 0 Å². The number of rotatable bonds is 8. The SMILES string of the molecule is COCCN(CC(=O)O)C(=O)COc1cccc(Cl)c1C. The molecule has 1 aromatic rings. The maximum Gasteiger partial charge on any atom is 0.323 e. The molecule has 1 N–H and O–H groups in total. The van der Waals surface area contributed by atoms with Gasteiger partial charge in [0.15, 0.2) is 6.61 Å². The van der Waals surface area contributed by atoms with Crippen molar-refractivity contribution in [3.05, 3.63) is 28.8 Å². The first-order valence-electron chi connectivity index (χ1n) is 6.32. The number of methoxy groups -OCH3 is 1. The summed E-state index contributed by atoms with van der Waals surface area (Å²) in [6.07, 6.45) is 0. The molecule has 1 amide bonds. The number of hydrogen-bond donors (Lipinski definition) is 1. The van der Waals surface area contributed by atoms with E-state index < -0.39 is 11.9 Å². The highest BCUT2D eigenvalue weighted by Gasteiger charge is 2.17. The van der Waals surface area contributed by atoms with Crippen molar-refractivity contribution >= 4 is 23.5 Å². The van der Waals surface area contributed by atoms with E-state index >= 15 is 0 Å². The Bertz CT molecular complexity index is 506. The van der Waals surface area contributed by atoms with E-state index in [1.54, 1.807) is 25.1 Å². The molecule has 1 rings (SSSR count). The molecule has 116 valence electrons. The lowest BCUT2D eigenvalue weighted by Gasteiger charge is -2.20. The highest BCUT2D eigenvalue weighted by atomic mass is 35.5. The predicted octanol–water partition coefficient (Wildman–Crippen LogP) is 1.59. The zero-order valence-corrected chi connectivity index (χ0v) is 12.7. The normalized spacial score (nSPS) is 10.2. The minimum absolute atomic E-state index is 0.194. The van der Waals surface area contributed by atoms with Crippen molar-refractivity contribution in [2.24, 2.45) is 0 Å². The van der Waals surface area contributed by atoms with E-state index in [9.17, 15) is 9.59 Å². The van der Waals surface area contributed by atoms with Crippen LogP contribution in [0.1, 0.15) is 5.56 Å². The van der Waals surface area contributed by atoms with E-state index in [1.807, 2.05) is 0 Å². The third kappa shape index (κ3) is 5.61. The van der Waals surface area contributed by atoms with Gasteiger partial charge in [-0.3, -0.25) is 9.59 Å². The fourth-order valence-corrected chi connectivity index (χ4v) is 1.80. The third-order valence-corrected chi connectivity index (χ3v) is 3.22. The zero-order chi connectivity index (χ0) is 15.8. The number of aliphatic carboxylic acids is 1. The quantitative estimate of drug-likeness (QED) is 0.788. The lowest BCUT2D eigenvalue weighted by molar-refractivity contribution is -0.145. The second-order valence-corrected chi connectivity index (χ2v) is 4.76. The van der Waals surface area contributed by atoms with E-state index in [1.165, 1.54) is 12.0 Å². The topological polar surface area (TPSA) is 76.1 Å². The van der Waals surface area contributed by atoms with Gasteiger partial charge in [0.25, 0.3) is 5.91 Å². The average molecular weight is 316 g/mol. The molecule has 1 aromatic carbocycles. The Kier molecular flexibility index (Phi) is 6.98. The number of ether oxygens (including phenoxy) is 2. The highest BCUT2D eigenvalue weighted by molar-refractivity contribution is 6.31. The molecule has 0 bridgehead atoms. The minimum Gasteiger partial charge on any atom is -0.483 e. The molecule has 6 nitrogen and oxygen atoms in total. The predicted molar refractivity (Wildman–Crippen MR) is 77.8 cm³/mol. The maximum atomic E-state index is 12.0. The second kappa shape index (κ2) is 8.49. The van der Waals surface area contributed by atoms with Crippen LogP contribution in [0.4, 0.5) is 0 Å². The first kappa shape index (κ1) is 17.3. The van der Waals surface area contributed by atoms with Crippen LogP contribution in [0.25, 0.3) is 0 Å². The molecule has 21 heavy (non-hydrogen) atoms. The summed E-state index contributed by atoms with van der Waals surface area (Å²) in [5, 5.41) is 9.35. The average Bonchev–Trinajstić information content (AvgIpc) is 2.44. The van der Waals surface area contributed by atoms with Gasteiger partial charge in [-0.25, -0.2) is 0 Å². The zero-order valence-electron chi connectivity index (χ0n) is 12.0. The minimum atomic E-state index is -1.08. The van der Waals surface area contributed by atoms with Gasteiger partial charge in [0.2, 0.25) is 0 Å². The van der Waals surface area contributed by atoms with Crippen LogP contribution < -0.4 is 4.74 Å². The van der Waals surface area contributed by atoms with Gasteiger partial charge in [-0.05, 0) is 19.1 Å². The molecule has 0 aliphatic heterocycles. The van der Waals surface area contributed by atoms with Gasteiger partial charge in [-0.2, -0.15) is 0 Å². The lowest BCUT2D eigenvalue weighted by atomic mass is 10.2. The van der Waals surface area contributed by atoms with Crippen LogP contribution in [0.2, 0.25) is 5.02 Å². The van der Waals surface area contributed by atoms with Crippen LogP contribution in [-0.2, 0) is 14.3 Å². The highest BCUT2D eigenvalue weighted by Crippen LogP contribution is 2.24. The van der Waals surface area contributed by atoms with Gasteiger partial charge in [-0.1, -0.05) is 17.7 Å². The molecular weight excluding hydrogens is 298 g/mol. The Hall–Kier alpha value is -1.79. The van der Waals surface area contributed by atoms with Gasteiger partial charge in [-0.15, -0.1) is 0 Å². The van der Waals surface area contributed by atoms with Gasteiger partial charge in [0, 0.05) is 24.2 Å². The summed E-state index contributed by atoms with van der Waals surface area (Å²) in [5.74, 6) is -1.01. The number of carbonyl (C=O) groups is 2. The maximum absolute atomic E-state index is 12.0. The number of nitrogens with zero attached hydrogens (tertiary/aromatic N) is 1. The fourth-order valence-electron chi connectivity index (χ4n) is 1.63. The Balaban J connectivity index is 2.64. The Morgan fingerprint density at radius 3 is 2.71 bits per heavy atom. The first-order valence-corrected chi connectivity index (χ1v) is 6.70. The van der Waals surface area contributed by atoms with E-state index in [0.717, 1.165) is 5.56 Å². The molecule has 0 fully saturated rings. The lowest BCUT2D eigenvalue weighted by Crippen LogP contribution is -2.40. The summed E-state index contributed by atoms with van der Waals surface area (Å²) in [6, 6.07) is 5.14. The summed E-state index contributed by atoms with van der Waals surface area (Å²) < 4.78 is 10.3. The van der Waals surface area contributed by atoms with Crippen LogP contribution in [0, 0.1) is 6.92 Å². The second-order valence-electron chi connectivity index (χ2n) is 4.35. The molecule has 0 aliphatic rings. The monoisotopic (exact) mass is 315 g/mol. The number of hydrogen-bond acceptors (Lipinski definition) is 4. The summed E-state index contributed by atoms with van der Waals surface area (Å²) in [7, 11) is 1.48. The molecule has 0 atom stereocenters. The molecule has 0 aliphatic carbocycles. The van der Waals surface area contributed by atoms with Crippen molar-refractivity contribution in [3.63, 3.8) is 0 Å². The molecule has 0 heterocycles. The summed E-state index contributed by atoms with van der Waals surface area (Å²) >= 11 is 5.96. The van der Waals surface area contributed by atoms with Gasteiger partial charge in [0.1, 0.15) is 12.3 Å². The van der Waals surface area contributed by atoms with Crippen LogP contribution in [0.15, 0.2) is 18.2 Å². The van der Waals surface area contributed by atoms with E-state index in [0.29, 0.717) is 10.8 Å². The van der Waals surface area contributed by atoms with Gasteiger partial charge < -0.3 is 19.5 Å². The molecule has 7 heteroatoms. The first-order chi connectivity index (χ1) is 9.95. The van der Waals surface area contributed by atoms with Crippen LogP contribution in [0.3, 0.4) is 0 Å². The van der Waals surface area contributed by atoms with Crippen molar-refractivity contribution in [2.75, 3.05) is 33.4 Å². The van der Waals surface area contributed by atoms with Gasteiger partial charge >= 0.3 is 5.97 Å². The van der Waals surface area contributed by atoms with Crippen molar-refractivity contribution in [1.82, 2.24) is 4.90 Å². The summed E-state index contributed by atoms with van der Waals surface area (Å²) in [6.45, 7) is 1.59. The molecule has 0 radical (unpaired) electrons. The number of benzene rings is 1. The van der Waals surface area contributed by atoms with E-state index in [4.69, 9.17) is 26.2 Å². The van der Waals surface area contributed by atoms with E-state index in [-0.39, 0.29) is 26.3 Å². The van der Waals surface area contributed by atoms with Crippen molar-refractivity contribution in [3.8, 4) is 5.75 Å². The van der Waals surface area contributed by atoms with Crippen molar-refractivity contribution < 1.29 is 24.2 Å². The molecule has 0 aromatic heterocycles. The molecule has 0 saturated heterocycles. The van der Waals surface area contributed by atoms with Crippen molar-refractivity contribution in [2.45, 2.75) is 6.92 Å². The Labute approximate surface area is 128 Å². The fraction of sp³-hybridized carbons (Fsp3) is 0.429. The molecule has 0 spiro atoms. The van der Waals surface area contributed by atoms with Crippen LogP contribution >= 0.6 is 11.6 Å². The number of carboxylic acid groups (broad SMARTS) is 1. The van der Waals surface area contributed by atoms with Gasteiger partial charge in [0.05, 0.1) is 6.61 Å². The Morgan fingerprint density at radius 2 is 2.10 bits per heavy atom. The summed E-state index contributed by atoms with van der Waals surface area (Å²) in [5.41, 5.74) is 0.730. The number of amides is 1.